The third-order valence-corrected chi connectivity index (χ3v) is 7.90. The maximum Gasteiger partial charge on any atom is 0.130 e. The minimum absolute atomic E-state index is 0.212. The SMILES string of the molecule is C=C1CCC(O)/C(=C/C=C2\CCC[C@]3(C)[C@@H](C#CC#C[Si](C)(C)C)CC[C@@H]23)C1O. The molecule has 29 heavy (non-hydrogen) atoms. The molecule has 0 aromatic carbocycles. The van der Waals surface area contributed by atoms with Crippen molar-refractivity contribution in [2.24, 2.45) is 17.3 Å². The van der Waals surface area contributed by atoms with Crippen LogP contribution in [0, 0.1) is 40.6 Å². The maximum absolute atomic E-state index is 10.4. The molecule has 0 saturated heterocycles. The highest BCUT2D eigenvalue weighted by molar-refractivity contribution is 6.83. The molecule has 3 fully saturated rings. The third kappa shape index (κ3) is 4.97. The van der Waals surface area contributed by atoms with Crippen molar-refractivity contribution in [3.05, 3.63) is 35.5 Å². The van der Waals surface area contributed by atoms with Crippen molar-refractivity contribution in [2.45, 2.75) is 83.7 Å². The number of fused-ring (bicyclic) bond motifs is 1. The lowest BCUT2D eigenvalue weighted by atomic mass is 9.63. The van der Waals surface area contributed by atoms with Crippen molar-refractivity contribution in [1.29, 1.82) is 0 Å². The van der Waals surface area contributed by atoms with Crippen LogP contribution in [0.25, 0.3) is 0 Å². The van der Waals surface area contributed by atoms with E-state index in [1.807, 2.05) is 6.08 Å². The zero-order chi connectivity index (χ0) is 21.2. The zero-order valence-corrected chi connectivity index (χ0v) is 19.5. The molecule has 3 aliphatic rings. The number of aliphatic hydroxyl groups is 2. The first kappa shape index (κ1) is 22.2. The Morgan fingerprint density at radius 2 is 1.83 bits per heavy atom. The number of rotatable bonds is 1. The lowest BCUT2D eigenvalue weighted by molar-refractivity contribution is 0.132. The van der Waals surface area contributed by atoms with Gasteiger partial charge >= 0.3 is 0 Å². The Bertz CT molecular complexity index is 836. The van der Waals surface area contributed by atoms with Gasteiger partial charge in [-0.25, -0.2) is 0 Å². The minimum Gasteiger partial charge on any atom is -0.389 e. The molecule has 156 valence electrons. The van der Waals surface area contributed by atoms with Crippen molar-refractivity contribution in [3.63, 3.8) is 0 Å². The van der Waals surface area contributed by atoms with Gasteiger partial charge in [0, 0.05) is 5.92 Å². The Morgan fingerprint density at radius 3 is 2.55 bits per heavy atom. The lowest BCUT2D eigenvalue weighted by Gasteiger charge is -2.40. The van der Waals surface area contributed by atoms with E-state index in [0.29, 0.717) is 30.3 Å². The summed E-state index contributed by atoms with van der Waals surface area (Å²) in [6.45, 7) is 13.1. The van der Waals surface area contributed by atoms with Gasteiger partial charge in [-0.15, -0.1) is 5.54 Å². The van der Waals surface area contributed by atoms with Crippen LogP contribution in [-0.4, -0.2) is 30.5 Å². The highest BCUT2D eigenvalue weighted by atomic mass is 28.3. The van der Waals surface area contributed by atoms with Crippen LogP contribution in [0.4, 0.5) is 0 Å². The second-order valence-corrected chi connectivity index (χ2v) is 15.1. The fourth-order valence-electron chi connectivity index (χ4n) is 5.27. The van der Waals surface area contributed by atoms with Gasteiger partial charge in [0.25, 0.3) is 0 Å². The molecule has 3 aliphatic carbocycles. The molecule has 0 radical (unpaired) electrons. The normalized spacial score (nSPS) is 37.5. The minimum atomic E-state index is -1.37. The summed E-state index contributed by atoms with van der Waals surface area (Å²) in [6, 6.07) is 0. The van der Waals surface area contributed by atoms with E-state index in [1.54, 1.807) is 0 Å². The monoisotopic (exact) mass is 408 g/mol. The van der Waals surface area contributed by atoms with Crippen LogP contribution in [0.1, 0.15) is 51.9 Å². The van der Waals surface area contributed by atoms with E-state index in [0.717, 1.165) is 18.4 Å². The lowest BCUT2D eigenvalue weighted by Crippen LogP contribution is -2.32. The second-order valence-electron chi connectivity index (χ2n) is 10.3. The fourth-order valence-corrected chi connectivity index (χ4v) is 5.71. The van der Waals surface area contributed by atoms with Crippen LogP contribution in [0.3, 0.4) is 0 Å². The first-order valence-corrected chi connectivity index (χ1v) is 14.6. The summed E-state index contributed by atoms with van der Waals surface area (Å²) in [6.07, 6.45) is 10.0. The Balaban J connectivity index is 1.80. The van der Waals surface area contributed by atoms with E-state index in [-0.39, 0.29) is 5.41 Å². The molecule has 2 unspecified atom stereocenters. The van der Waals surface area contributed by atoms with Gasteiger partial charge in [-0.05, 0) is 79.3 Å². The summed E-state index contributed by atoms with van der Waals surface area (Å²) in [5.41, 5.74) is 6.53. The number of hydrogen-bond acceptors (Lipinski definition) is 2. The van der Waals surface area contributed by atoms with Crippen LogP contribution in [0.15, 0.2) is 35.5 Å². The Hall–Kier alpha value is -1.52. The number of hydrogen-bond donors (Lipinski definition) is 2. The summed E-state index contributed by atoms with van der Waals surface area (Å²) in [5.74, 6) is 10.7. The molecule has 3 saturated carbocycles. The molecule has 3 rings (SSSR count). The highest BCUT2D eigenvalue weighted by Crippen LogP contribution is 2.57. The van der Waals surface area contributed by atoms with Gasteiger partial charge in [-0.2, -0.15) is 0 Å². The van der Waals surface area contributed by atoms with E-state index in [9.17, 15) is 10.2 Å². The molecule has 0 aliphatic heterocycles. The smallest absolute Gasteiger partial charge is 0.130 e. The average molecular weight is 409 g/mol. The first-order chi connectivity index (χ1) is 13.6. The van der Waals surface area contributed by atoms with Crippen molar-refractivity contribution in [3.8, 4) is 23.3 Å². The Labute approximate surface area is 178 Å². The standard InChI is InChI=1S/C26H36O2Si/c1-19-11-16-24(27)22(25(19)28)14-12-20-9-8-17-26(2)21(13-15-23(20)26)10-6-7-18-29(3,4)5/h12,14,21,23-25,27-28H,1,8-9,11,13,15-17H2,2-5H3/b20-12+,22-14-/t21-,23-,24?,25?,26+/m0/s1. The molecule has 0 spiro atoms. The summed E-state index contributed by atoms with van der Waals surface area (Å²) in [4.78, 5) is 0. The quantitative estimate of drug-likeness (QED) is 0.364. The van der Waals surface area contributed by atoms with Crippen molar-refractivity contribution in [1.82, 2.24) is 0 Å². The van der Waals surface area contributed by atoms with Crippen LogP contribution in [-0.2, 0) is 0 Å². The van der Waals surface area contributed by atoms with E-state index in [2.05, 4.69) is 62.5 Å². The van der Waals surface area contributed by atoms with Crippen LogP contribution < -0.4 is 0 Å². The molecular formula is C26H36O2Si. The summed E-state index contributed by atoms with van der Waals surface area (Å²) < 4.78 is 0. The largest absolute Gasteiger partial charge is 0.389 e. The van der Waals surface area contributed by atoms with E-state index < -0.39 is 20.3 Å². The Morgan fingerprint density at radius 1 is 1.07 bits per heavy atom. The molecule has 5 atom stereocenters. The van der Waals surface area contributed by atoms with Crippen molar-refractivity contribution in [2.75, 3.05) is 0 Å². The predicted molar refractivity (Wildman–Crippen MR) is 124 cm³/mol. The molecule has 0 amide bonds. The van der Waals surface area contributed by atoms with Gasteiger partial charge in [-0.3, -0.25) is 0 Å². The van der Waals surface area contributed by atoms with Gasteiger partial charge in [0.15, 0.2) is 0 Å². The molecule has 0 aromatic heterocycles. The van der Waals surface area contributed by atoms with Crippen LogP contribution in [0.5, 0.6) is 0 Å². The highest BCUT2D eigenvalue weighted by Gasteiger charge is 2.48. The van der Waals surface area contributed by atoms with Gasteiger partial charge < -0.3 is 10.2 Å². The third-order valence-electron chi connectivity index (χ3n) is 7.03. The van der Waals surface area contributed by atoms with Gasteiger partial charge in [0.05, 0.1) is 12.2 Å². The molecule has 3 heteroatoms. The molecular weight excluding hydrogens is 372 g/mol. The molecule has 0 aromatic rings. The van der Waals surface area contributed by atoms with Crippen LogP contribution >= 0.6 is 0 Å². The number of aliphatic hydroxyl groups excluding tert-OH is 2. The summed E-state index contributed by atoms with van der Waals surface area (Å²) in [7, 11) is -1.37. The molecule has 2 nitrogen and oxygen atoms in total. The Kier molecular flexibility index (Phi) is 6.64. The van der Waals surface area contributed by atoms with Gasteiger partial charge in [0.2, 0.25) is 0 Å². The van der Waals surface area contributed by atoms with Crippen molar-refractivity contribution >= 4 is 8.07 Å². The molecule has 0 bridgehead atoms. The van der Waals surface area contributed by atoms with E-state index in [1.165, 1.54) is 24.8 Å². The summed E-state index contributed by atoms with van der Waals surface area (Å²) >= 11 is 0. The molecule has 0 heterocycles. The zero-order valence-electron chi connectivity index (χ0n) is 18.5. The average Bonchev–Trinajstić information content (AvgIpc) is 2.98. The predicted octanol–water partition coefficient (Wildman–Crippen LogP) is 5.01. The van der Waals surface area contributed by atoms with Crippen LogP contribution in [0.2, 0.25) is 19.6 Å². The van der Waals surface area contributed by atoms with E-state index in [4.69, 9.17) is 0 Å². The maximum atomic E-state index is 10.4. The topological polar surface area (TPSA) is 40.5 Å². The fraction of sp³-hybridized carbons (Fsp3) is 0.615. The van der Waals surface area contributed by atoms with Gasteiger partial charge in [-0.1, -0.05) is 56.8 Å². The molecule has 2 N–H and O–H groups in total. The number of allylic oxidation sites excluding steroid dienone is 3. The first-order valence-electron chi connectivity index (χ1n) is 11.1. The summed E-state index contributed by atoms with van der Waals surface area (Å²) in [5, 5.41) is 20.7. The van der Waals surface area contributed by atoms with Gasteiger partial charge in [0.1, 0.15) is 8.07 Å². The van der Waals surface area contributed by atoms with Crippen molar-refractivity contribution < 1.29 is 10.2 Å². The van der Waals surface area contributed by atoms with E-state index >= 15 is 0 Å². The second kappa shape index (κ2) is 8.69.